The Morgan fingerprint density at radius 1 is 1.56 bits per heavy atom. The minimum atomic E-state index is 1.07. The first-order valence-electron chi connectivity index (χ1n) is 3.08. The lowest BCUT2D eigenvalue weighted by Crippen LogP contribution is -1.65. The fraction of sp³-hybridized carbons (Fsp3) is 0.111. The Hall–Kier alpha value is -1.04. The second-order valence-electron chi connectivity index (χ2n) is 1.97. The van der Waals surface area contributed by atoms with Crippen molar-refractivity contribution >= 4 is 0 Å². The van der Waals surface area contributed by atoms with Crippen molar-refractivity contribution in [2.75, 3.05) is 0 Å². The van der Waals surface area contributed by atoms with Gasteiger partial charge in [0.05, 0.1) is 0 Å². The van der Waals surface area contributed by atoms with E-state index in [2.05, 4.69) is 30.9 Å². The predicted octanol–water partition coefficient (Wildman–Crippen LogP) is 2.61. The summed E-state index contributed by atoms with van der Waals surface area (Å²) < 4.78 is 0. The van der Waals surface area contributed by atoms with E-state index in [1.54, 1.807) is 6.08 Å². The van der Waals surface area contributed by atoms with Crippen molar-refractivity contribution in [1.29, 1.82) is 0 Å². The molecule has 0 nitrogen and oxygen atoms in total. The predicted molar refractivity (Wildman–Crippen MR) is 41.2 cm³/mol. The molecule has 0 saturated carbocycles. The molecule has 0 N–H and O–H groups in total. The van der Waals surface area contributed by atoms with Gasteiger partial charge in [-0.3, -0.25) is 0 Å². The van der Waals surface area contributed by atoms with Gasteiger partial charge in [-0.2, -0.15) is 0 Å². The normalized spacial score (nSPS) is 16.7. The van der Waals surface area contributed by atoms with Gasteiger partial charge in [-0.15, -0.1) is 0 Å². The Bertz CT molecular complexity index is 180. The smallest absolute Gasteiger partial charge is 0.00943 e. The molecule has 0 aromatic heterocycles. The Morgan fingerprint density at radius 3 is 3.00 bits per heavy atom. The zero-order valence-corrected chi connectivity index (χ0v) is 5.38. The summed E-state index contributed by atoms with van der Waals surface area (Å²) in [6.45, 7) is 3.59. The molecule has 0 aromatic rings. The second kappa shape index (κ2) is 3.08. The topological polar surface area (TPSA) is 0 Å². The summed E-state index contributed by atoms with van der Waals surface area (Å²) in [5.41, 5.74) is 1.36. The van der Waals surface area contributed by atoms with Crippen LogP contribution in [0.2, 0.25) is 0 Å². The zero-order chi connectivity index (χ0) is 6.53. The Balaban J connectivity index is 2.47. The van der Waals surface area contributed by atoms with Gasteiger partial charge in [0, 0.05) is 0 Å². The molecule has 0 unspecified atom stereocenters. The van der Waals surface area contributed by atoms with Gasteiger partial charge in [0.1, 0.15) is 0 Å². The molecule has 1 rings (SSSR count). The SMILES string of the molecule is C=CC=CC1=CC=CC1. The van der Waals surface area contributed by atoms with Gasteiger partial charge < -0.3 is 0 Å². The largest absolute Gasteiger partial charge is 0.0991 e. The van der Waals surface area contributed by atoms with Crippen molar-refractivity contribution in [2.45, 2.75) is 6.42 Å². The Morgan fingerprint density at radius 2 is 2.44 bits per heavy atom. The lowest BCUT2D eigenvalue weighted by atomic mass is 10.2. The first kappa shape index (κ1) is 6.09. The quantitative estimate of drug-likeness (QED) is 0.489. The molecule has 0 amide bonds. The van der Waals surface area contributed by atoms with E-state index in [9.17, 15) is 0 Å². The summed E-state index contributed by atoms with van der Waals surface area (Å²) in [7, 11) is 0. The Kier molecular flexibility index (Phi) is 2.08. The molecule has 0 aliphatic heterocycles. The third-order valence-electron chi connectivity index (χ3n) is 1.25. The highest BCUT2D eigenvalue weighted by Crippen LogP contribution is 2.10. The molecule has 1 aliphatic rings. The standard InChI is InChI=1S/C9H10/c1-2-3-6-9-7-4-5-8-9/h2-7H,1,8H2. The zero-order valence-electron chi connectivity index (χ0n) is 5.38. The molecular weight excluding hydrogens is 108 g/mol. The number of hydrogen-bond donors (Lipinski definition) is 0. The summed E-state index contributed by atoms with van der Waals surface area (Å²) in [6, 6.07) is 0. The number of allylic oxidation sites excluding steroid dienone is 7. The average Bonchev–Trinajstić information content (AvgIpc) is 2.34. The van der Waals surface area contributed by atoms with Crippen LogP contribution in [0.4, 0.5) is 0 Å². The first-order valence-corrected chi connectivity index (χ1v) is 3.08. The van der Waals surface area contributed by atoms with Gasteiger partial charge in [-0.1, -0.05) is 43.0 Å². The van der Waals surface area contributed by atoms with Gasteiger partial charge in [0.2, 0.25) is 0 Å². The lowest BCUT2D eigenvalue weighted by molar-refractivity contribution is 1.33. The van der Waals surface area contributed by atoms with E-state index >= 15 is 0 Å². The van der Waals surface area contributed by atoms with E-state index < -0.39 is 0 Å². The maximum atomic E-state index is 3.59. The van der Waals surface area contributed by atoms with E-state index in [-0.39, 0.29) is 0 Å². The van der Waals surface area contributed by atoms with Crippen LogP contribution in [-0.4, -0.2) is 0 Å². The van der Waals surface area contributed by atoms with Crippen molar-refractivity contribution in [3.8, 4) is 0 Å². The van der Waals surface area contributed by atoms with Crippen LogP contribution in [0.3, 0.4) is 0 Å². The summed E-state index contributed by atoms with van der Waals surface area (Å²) in [5, 5.41) is 0. The first-order chi connectivity index (χ1) is 4.43. The molecule has 0 heterocycles. The van der Waals surface area contributed by atoms with Crippen molar-refractivity contribution in [3.05, 3.63) is 48.6 Å². The third kappa shape index (κ3) is 1.73. The lowest BCUT2D eigenvalue weighted by Gasteiger charge is -1.85. The van der Waals surface area contributed by atoms with E-state index in [0.29, 0.717) is 0 Å². The van der Waals surface area contributed by atoms with E-state index in [0.717, 1.165) is 6.42 Å². The van der Waals surface area contributed by atoms with Crippen molar-refractivity contribution < 1.29 is 0 Å². The van der Waals surface area contributed by atoms with Crippen LogP contribution >= 0.6 is 0 Å². The number of hydrogen-bond acceptors (Lipinski definition) is 0. The van der Waals surface area contributed by atoms with Gasteiger partial charge in [0.25, 0.3) is 0 Å². The highest BCUT2D eigenvalue weighted by molar-refractivity contribution is 5.32. The van der Waals surface area contributed by atoms with Gasteiger partial charge in [-0.05, 0) is 12.0 Å². The van der Waals surface area contributed by atoms with Gasteiger partial charge in [-0.25, -0.2) is 0 Å². The Labute approximate surface area is 55.9 Å². The van der Waals surface area contributed by atoms with Crippen LogP contribution in [0.25, 0.3) is 0 Å². The molecule has 0 saturated heterocycles. The molecule has 1 aliphatic carbocycles. The molecule has 0 aromatic carbocycles. The molecule has 0 radical (unpaired) electrons. The fourth-order valence-corrected chi connectivity index (χ4v) is 0.779. The van der Waals surface area contributed by atoms with Gasteiger partial charge >= 0.3 is 0 Å². The third-order valence-corrected chi connectivity index (χ3v) is 1.25. The molecular formula is C9H10. The van der Waals surface area contributed by atoms with Crippen molar-refractivity contribution in [3.63, 3.8) is 0 Å². The summed E-state index contributed by atoms with van der Waals surface area (Å²) in [5.74, 6) is 0. The summed E-state index contributed by atoms with van der Waals surface area (Å²) >= 11 is 0. The monoisotopic (exact) mass is 118 g/mol. The van der Waals surface area contributed by atoms with Crippen LogP contribution < -0.4 is 0 Å². The van der Waals surface area contributed by atoms with Gasteiger partial charge in [0.15, 0.2) is 0 Å². The fourth-order valence-electron chi connectivity index (χ4n) is 0.779. The highest BCUT2D eigenvalue weighted by Gasteiger charge is 1.90. The van der Waals surface area contributed by atoms with Crippen LogP contribution in [0.15, 0.2) is 48.6 Å². The van der Waals surface area contributed by atoms with Crippen LogP contribution in [-0.2, 0) is 0 Å². The molecule has 0 fully saturated rings. The summed E-state index contributed by atoms with van der Waals surface area (Å²) in [4.78, 5) is 0. The van der Waals surface area contributed by atoms with Crippen molar-refractivity contribution in [1.82, 2.24) is 0 Å². The molecule has 0 spiro atoms. The minimum Gasteiger partial charge on any atom is -0.0991 e. The molecule has 0 atom stereocenters. The van der Waals surface area contributed by atoms with Crippen LogP contribution in [0, 0.1) is 0 Å². The molecule has 46 valence electrons. The maximum absolute atomic E-state index is 3.59. The van der Waals surface area contributed by atoms with Crippen molar-refractivity contribution in [2.24, 2.45) is 0 Å². The summed E-state index contributed by atoms with van der Waals surface area (Å²) in [6.07, 6.45) is 13.2. The van der Waals surface area contributed by atoms with E-state index in [4.69, 9.17) is 0 Å². The molecule has 0 bridgehead atoms. The van der Waals surface area contributed by atoms with E-state index in [1.807, 2.05) is 6.08 Å². The highest BCUT2D eigenvalue weighted by atomic mass is 14.0. The second-order valence-corrected chi connectivity index (χ2v) is 1.97. The van der Waals surface area contributed by atoms with E-state index in [1.165, 1.54) is 5.57 Å². The van der Waals surface area contributed by atoms with Crippen LogP contribution in [0.1, 0.15) is 6.42 Å². The molecule has 9 heavy (non-hydrogen) atoms. The average molecular weight is 118 g/mol. The molecule has 0 heteroatoms. The van der Waals surface area contributed by atoms with Crippen LogP contribution in [0.5, 0.6) is 0 Å². The maximum Gasteiger partial charge on any atom is -0.00943 e. The number of rotatable bonds is 2. The minimum absolute atomic E-state index is 1.07.